The van der Waals surface area contributed by atoms with Crippen molar-refractivity contribution in [2.45, 2.75) is 47.0 Å². The van der Waals surface area contributed by atoms with E-state index in [-0.39, 0.29) is 17.9 Å². The van der Waals surface area contributed by atoms with Gasteiger partial charge in [0, 0.05) is 48.9 Å². The largest absolute Gasteiger partial charge is 0.471 e. The number of aldehydes is 1. The number of nitrogens with zero attached hydrogens (tertiary/aromatic N) is 5. The highest BCUT2D eigenvalue weighted by Gasteiger charge is 2.18. The fourth-order valence-electron chi connectivity index (χ4n) is 3.06. The number of aromatic nitrogens is 2. The summed E-state index contributed by atoms with van der Waals surface area (Å²) < 4.78 is 5.74. The Morgan fingerprint density at radius 1 is 1.23 bits per heavy atom. The summed E-state index contributed by atoms with van der Waals surface area (Å²) in [6.45, 7) is 11.9. The van der Waals surface area contributed by atoms with Gasteiger partial charge in [0.15, 0.2) is 6.29 Å². The molecule has 0 aliphatic heterocycles. The summed E-state index contributed by atoms with van der Waals surface area (Å²) in [5.74, 6) is 1.66. The summed E-state index contributed by atoms with van der Waals surface area (Å²) >= 11 is 0. The van der Waals surface area contributed by atoms with Gasteiger partial charge < -0.3 is 15.4 Å². The maximum atomic E-state index is 11.4. The third-order valence-corrected chi connectivity index (χ3v) is 5.27. The van der Waals surface area contributed by atoms with Crippen LogP contribution in [0.2, 0.25) is 0 Å². The zero-order valence-electron chi connectivity index (χ0n) is 22.0. The molecule has 0 aliphatic rings. The molecule has 0 unspecified atom stereocenters. The normalized spacial score (nSPS) is 13.6. The van der Waals surface area contributed by atoms with Crippen molar-refractivity contribution < 1.29 is 9.53 Å². The second kappa shape index (κ2) is 12.1. The lowest BCUT2D eigenvalue weighted by atomic mass is 9.95. The van der Waals surface area contributed by atoms with Gasteiger partial charge in [-0.25, -0.2) is 15.0 Å². The highest BCUT2D eigenvalue weighted by atomic mass is 16.5. The summed E-state index contributed by atoms with van der Waals surface area (Å²) in [6, 6.07) is 8.09. The first kappa shape index (κ1) is 27.4. The summed E-state index contributed by atoms with van der Waals surface area (Å²) in [6.07, 6.45) is 5.73. The van der Waals surface area contributed by atoms with Crippen LogP contribution in [0.5, 0.6) is 0 Å². The first-order valence-corrected chi connectivity index (χ1v) is 11.4. The van der Waals surface area contributed by atoms with Crippen LogP contribution in [-0.2, 0) is 14.9 Å². The van der Waals surface area contributed by atoms with Gasteiger partial charge in [0.2, 0.25) is 5.88 Å². The molecule has 2 N–H and O–H groups in total. The van der Waals surface area contributed by atoms with E-state index in [1.807, 2.05) is 37.9 Å². The van der Waals surface area contributed by atoms with Crippen molar-refractivity contribution in [2.24, 2.45) is 15.7 Å². The Bertz CT molecular complexity index is 1170. The molecule has 0 spiro atoms. The molecule has 186 valence electrons. The predicted octanol–water partition coefficient (Wildman–Crippen LogP) is 4.59. The fourth-order valence-corrected chi connectivity index (χ4v) is 3.06. The van der Waals surface area contributed by atoms with Crippen LogP contribution in [0.3, 0.4) is 0 Å². The van der Waals surface area contributed by atoms with Gasteiger partial charge in [-0.1, -0.05) is 32.9 Å². The molecule has 2 rings (SSSR count). The number of anilines is 1. The van der Waals surface area contributed by atoms with Crippen LogP contribution >= 0.6 is 0 Å². The first-order valence-electron chi connectivity index (χ1n) is 11.4. The number of aliphatic imine (C=N–C) groups is 2. The van der Waals surface area contributed by atoms with E-state index in [1.54, 1.807) is 32.5 Å². The molecule has 0 aliphatic carbocycles. The third-order valence-electron chi connectivity index (χ3n) is 5.27. The molecule has 0 radical (unpaired) electrons. The molecule has 0 fully saturated rings. The Balaban J connectivity index is 2.39. The van der Waals surface area contributed by atoms with Gasteiger partial charge >= 0.3 is 0 Å². The van der Waals surface area contributed by atoms with Gasteiger partial charge in [0.05, 0.1) is 11.3 Å². The summed E-state index contributed by atoms with van der Waals surface area (Å²) in [5.41, 5.74) is 10.5. The van der Waals surface area contributed by atoms with Crippen LogP contribution in [-0.4, -0.2) is 49.0 Å². The summed E-state index contributed by atoms with van der Waals surface area (Å²) in [4.78, 5) is 31.1. The Morgan fingerprint density at radius 2 is 1.94 bits per heavy atom. The summed E-state index contributed by atoms with van der Waals surface area (Å²) in [7, 11) is 3.58. The molecule has 0 bridgehead atoms. The van der Waals surface area contributed by atoms with E-state index in [0.29, 0.717) is 23.4 Å². The van der Waals surface area contributed by atoms with E-state index < -0.39 is 0 Å². The monoisotopic (exact) mass is 476 g/mol. The highest BCUT2D eigenvalue weighted by molar-refractivity contribution is 5.97. The van der Waals surface area contributed by atoms with Gasteiger partial charge in [0.1, 0.15) is 18.3 Å². The van der Waals surface area contributed by atoms with E-state index in [2.05, 4.69) is 47.9 Å². The summed E-state index contributed by atoms with van der Waals surface area (Å²) in [5, 5.41) is 0. The van der Waals surface area contributed by atoms with Crippen molar-refractivity contribution in [2.75, 3.05) is 25.6 Å². The lowest BCUT2D eigenvalue weighted by molar-refractivity contribution is -0.105. The number of rotatable bonds is 8. The SMILES string of the molecule is CN=C/C=C(\N)COC(/N=C(/C)N(C)c1cc(-c2ccnc(C(C)(C)C)n2)ccc1C)=C(\C)C=O. The molecule has 8 heteroatoms. The molecule has 2 aromatic rings. The zero-order chi connectivity index (χ0) is 26.2. The van der Waals surface area contributed by atoms with E-state index in [1.165, 1.54) is 0 Å². The second-order valence-corrected chi connectivity index (χ2v) is 9.28. The molecular formula is C27H36N6O2. The number of aryl methyl sites for hydroxylation is 1. The number of hydrogen-bond donors (Lipinski definition) is 1. The van der Waals surface area contributed by atoms with Crippen molar-refractivity contribution >= 4 is 24.0 Å². The second-order valence-electron chi connectivity index (χ2n) is 9.28. The maximum absolute atomic E-state index is 11.4. The molecule has 1 heterocycles. The van der Waals surface area contributed by atoms with E-state index in [4.69, 9.17) is 15.5 Å². The topological polar surface area (TPSA) is 106 Å². The van der Waals surface area contributed by atoms with Gasteiger partial charge in [-0.05, 0) is 44.5 Å². The molecule has 0 atom stereocenters. The molecule has 0 saturated carbocycles. The molecule has 1 aromatic heterocycles. The minimum atomic E-state index is -0.148. The Kier molecular flexibility index (Phi) is 9.45. The molecule has 0 amide bonds. The van der Waals surface area contributed by atoms with Crippen molar-refractivity contribution in [3.63, 3.8) is 0 Å². The van der Waals surface area contributed by atoms with E-state index in [0.717, 1.165) is 28.3 Å². The lowest BCUT2D eigenvalue weighted by Crippen LogP contribution is -2.25. The van der Waals surface area contributed by atoms with Crippen LogP contribution in [0.25, 0.3) is 11.3 Å². The quantitative estimate of drug-likeness (QED) is 0.196. The maximum Gasteiger partial charge on any atom is 0.221 e. The van der Waals surface area contributed by atoms with Gasteiger partial charge in [-0.15, -0.1) is 0 Å². The van der Waals surface area contributed by atoms with Gasteiger partial charge in [-0.3, -0.25) is 9.79 Å². The number of carbonyl (C=O) groups excluding carboxylic acids is 1. The average molecular weight is 477 g/mol. The van der Waals surface area contributed by atoms with Gasteiger partial charge in [0.25, 0.3) is 0 Å². The minimum absolute atomic E-state index is 0.0887. The number of amidine groups is 1. The molecule has 8 nitrogen and oxygen atoms in total. The van der Waals surface area contributed by atoms with Crippen LogP contribution in [0.15, 0.2) is 63.7 Å². The number of benzene rings is 1. The number of allylic oxidation sites excluding steroid dienone is 2. The van der Waals surface area contributed by atoms with Crippen LogP contribution in [0.4, 0.5) is 5.69 Å². The Hall–Kier alpha value is -3.81. The average Bonchev–Trinajstić information content (AvgIpc) is 2.83. The predicted molar refractivity (Wildman–Crippen MR) is 144 cm³/mol. The minimum Gasteiger partial charge on any atom is -0.471 e. The van der Waals surface area contributed by atoms with Gasteiger partial charge in [-0.2, -0.15) is 0 Å². The number of nitrogens with two attached hydrogens (primary N) is 1. The molecule has 35 heavy (non-hydrogen) atoms. The van der Waals surface area contributed by atoms with E-state index >= 15 is 0 Å². The number of carbonyl (C=O) groups is 1. The zero-order valence-corrected chi connectivity index (χ0v) is 22.0. The molecule has 0 saturated heterocycles. The standard InChI is InChI=1S/C27H36N6O2/c1-18-9-10-21(23-12-14-30-26(32-23)27(4,5)6)15-24(18)33(8)20(3)31-25(19(2)16-34)35-17-22(28)11-13-29-7/h9-16H,17,28H2,1-8H3/b22-11-,25-19+,29-13?,31-20-. The highest BCUT2D eigenvalue weighted by Crippen LogP contribution is 2.28. The smallest absolute Gasteiger partial charge is 0.221 e. The van der Waals surface area contributed by atoms with Crippen molar-refractivity contribution in [3.8, 4) is 11.3 Å². The van der Waals surface area contributed by atoms with Crippen LogP contribution in [0, 0.1) is 6.92 Å². The van der Waals surface area contributed by atoms with Crippen LogP contribution < -0.4 is 10.6 Å². The van der Waals surface area contributed by atoms with E-state index in [9.17, 15) is 4.79 Å². The van der Waals surface area contributed by atoms with Crippen molar-refractivity contribution in [1.29, 1.82) is 0 Å². The number of hydrogen-bond acceptors (Lipinski definition) is 7. The molecule has 1 aromatic carbocycles. The van der Waals surface area contributed by atoms with Crippen LogP contribution in [0.1, 0.15) is 46.0 Å². The Morgan fingerprint density at radius 3 is 2.57 bits per heavy atom. The van der Waals surface area contributed by atoms with Crippen molar-refractivity contribution in [1.82, 2.24) is 9.97 Å². The lowest BCUT2D eigenvalue weighted by Gasteiger charge is -2.23. The number of ether oxygens (including phenoxy) is 1. The first-order chi connectivity index (χ1) is 16.5. The third kappa shape index (κ3) is 7.60. The fraction of sp³-hybridized carbons (Fsp3) is 0.370. The molecular weight excluding hydrogens is 440 g/mol. The Labute approximate surface area is 208 Å². The van der Waals surface area contributed by atoms with Crippen molar-refractivity contribution in [3.05, 3.63) is 65.1 Å².